The van der Waals surface area contributed by atoms with Crippen LogP contribution in [0.25, 0.3) is 6.08 Å². The summed E-state index contributed by atoms with van der Waals surface area (Å²) in [6.45, 7) is 2.02. The van der Waals surface area contributed by atoms with Crippen LogP contribution in [0.5, 0.6) is 11.5 Å². The van der Waals surface area contributed by atoms with Gasteiger partial charge in [-0.2, -0.15) is 0 Å². The van der Waals surface area contributed by atoms with Crippen molar-refractivity contribution in [3.63, 3.8) is 0 Å². The molecule has 3 rings (SSSR count). The summed E-state index contributed by atoms with van der Waals surface area (Å²) in [7, 11) is 3.11. The number of nitrogens with zero attached hydrogens (tertiary/aromatic N) is 1. The predicted molar refractivity (Wildman–Crippen MR) is 87.6 cm³/mol. The Morgan fingerprint density at radius 3 is 2.62 bits per heavy atom. The summed E-state index contributed by atoms with van der Waals surface area (Å²) in [6, 6.07) is 3.60. The number of methoxy groups -OCH3 is 2. The molecule has 2 aliphatic rings. The van der Waals surface area contributed by atoms with Crippen LogP contribution in [0.4, 0.5) is 0 Å². The van der Waals surface area contributed by atoms with Crippen molar-refractivity contribution in [3.05, 3.63) is 29.5 Å². The van der Waals surface area contributed by atoms with Crippen molar-refractivity contribution in [3.8, 4) is 11.5 Å². The summed E-state index contributed by atoms with van der Waals surface area (Å²) in [5, 5.41) is 0. The standard InChI is InChI=1S/C18H21NO5/c1-4-24-17(21)18-8-5-6-16(20)19(18)9-7-12-10-14(22-2)15(23-3)11-13(12)18/h7,9-11H,4-6,8H2,1-3H3. The molecule has 1 amide bonds. The molecule has 2 heterocycles. The molecule has 0 N–H and O–H groups in total. The lowest BCUT2D eigenvalue weighted by Crippen LogP contribution is -2.56. The van der Waals surface area contributed by atoms with Crippen LogP contribution in [0, 0.1) is 0 Å². The summed E-state index contributed by atoms with van der Waals surface area (Å²) in [6.07, 6.45) is 5.07. The van der Waals surface area contributed by atoms with Crippen LogP contribution >= 0.6 is 0 Å². The molecule has 1 unspecified atom stereocenters. The third-order valence-corrected chi connectivity index (χ3v) is 4.63. The van der Waals surface area contributed by atoms with Crippen molar-refractivity contribution < 1.29 is 23.8 Å². The molecule has 1 aromatic carbocycles. The SMILES string of the molecule is CCOC(=O)C12CCCC(=O)N1C=Cc1cc(OC)c(OC)cc12. The first kappa shape index (κ1) is 16.4. The van der Waals surface area contributed by atoms with E-state index in [1.165, 1.54) is 4.90 Å². The minimum atomic E-state index is -1.13. The van der Waals surface area contributed by atoms with Crippen LogP contribution in [0.2, 0.25) is 0 Å². The van der Waals surface area contributed by atoms with Crippen LogP contribution in [-0.2, 0) is 19.9 Å². The van der Waals surface area contributed by atoms with Gasteiger partial charge in [-0.3, -0.25) is 9.69 Å². The number of ether oxygens (including phenoxy) is 3. The van der Waals surface area contributed by atoms with Crippen LogP contribution in [0.1, 0.15) is 37.3 Å². The highest BCUT2D eigenvalue weighted by molar-refractivity contribution is 5.94. The van der Waals surface area contributed by atoms with E-state index in [1.807, 2.05) is 12.1 Å². The van der Waals surface area contributed by atoms with E-state index in [9.17, 15) is 9.59 Å². The molecule has 0 spiro atoms. The molecular weight excluding hydrogens is 310 g/mol. The van der Waals surface area contributed by atoms with Crippen LogP contribution < -0.4 is 9.47 Å². The second kappa shape index (κ2) is 6.19. The number of fused-ring (bicyclic) bond motifs is 3. The van der Waals surface area contributed by atoms with Gasteiger partial charge in [-0.25, -0.2) is 4.79 Å². The van der Waals surface area contributed by atoms with Crippen molar-refractivity contribution in [2.75, 3.05) is 20.8 Å². The number of amides is 1. The Balaban J connectivity index is 2.23. The highest BCUT2D eigenvalue weighted by Gasteiger charge is 2.53. The van der Waals surface area contributed by atoms with Crippen molar-refractivity contribution in [1.29, 1.82) is 0 Å². The molecule has 1 fully saturated rings. The normalized spacial score (nSPS) is 21.8. The van der Waals surface area contributed by atoms with Gasteiger partial charge in [-0.05, 0) is 43.5 Å². The first-order chi connectivity index (χ1) is 11.6. The maximum Gasteiger partial charge on any atom is 0.337 e. The van der Waals surface area contributed by atoms with Gasteiger partial charge < -0.3 is 14.2 Å². The van der Waals surface area contributed by atoms with Crippen LogP contribution in [0.3, 0.4) is 0 Å². The second-order valence-corrected chi connectivity index (χ2v) is 5.81. The van der Waals surface area contributed by atoms with Crippen molar-refractivity contribution in [2.24, 2.45) is 0 Å². The number of rotatable bonds is 4. The van der Waals surface area contributed by atoms with Gasteiger partial charge in [-0.1, -0.05) is 0 Å². The van der Waals surface area contributed by atoms with E-state index >= 15 is 0 Å². The molecule has 1 aromatic rings. The number of piperidine rings is 1. The highest BCUT2D eigenvalue weighted by Crippen LogP contribution is 2.47. The lowest BCUT2D eigenvalue weighted by atomic mass is 9.76. The fourth-order valence-electron chi connectivity index (χ4n) is 3.53. The molecular formula is C18H21NO5. The maximum absolute atomic E-state index is 12.9. The number of carbonyl (C=O) groups excluding carboxylic acids is 2. The molecule has 0 radical (unpaired) electrons. The van der Waals surface area contributed by atoms with E-state index in [-0.39, 0.29) is 12.5 Å². The van der Waals surface area contributed by atoms with E-state index in [4.69, 9.17) is 14.2 Å². The van der Waals surface area contributed by atoms with Gasteiger partial charge in [0.25, 0.3) is 0 Å². The molecule has 24 heavy (non-hydrogen) atoms. The van der Waals surface area contributed by atoms with Crippen LogP contribution in [0.15, 0.2) is 18.3 Å². The van der Waals surface area contributed by atoms with Gasteiger partial charge in [-0.15, -0.1) is 0 Å². The molecule has 6 heteroatoms. The Labute approximate surface area is 141 Å². The molecule has 0 saturated carbocycles. The fraction of sp³-hybridized carbons (Fsp3) is 0.444. The molecule has 0 aromatic heterocycles. The van der Waals surface area contributed by atoms with Crippen molar-refractivity contribution >= 4 is 18.0 Å². The second-order valence-electron chi connectivity index (χ2n) is 5.81. The van der Waals surface area contributed by atoms with Crippen molar-refractivity contribution in [2.45, 2.75) is 31.7 Å². The number of hydrogen-bond acceptors (Lipinski definition) is 5. The Bertz CT molecular complexity index is 712. The van der Waals surface area contributed by atoms with Gasteiger partial charge in [0.1, 0.15) is 0 Å². The third kappa shape index (κ3) is 2.25. The molecule has 0 aliphatic carbocycles. The summed E-state index contributed by atoms with van der Waals surface area (Å²) in [4.78, 5) is 26.9. The van der Waals surface area contributed by atoms with Crippen LogP contribution in [-0.4, -0.2) is 37.6 Å². The monoisotopic (exact) mass is 331 g/mol. The summed E-state index contributed by atoms with van der Waals surface area (Å²) < 4.78 is 16.1. The minimum absolute atomic E-state index is 0.0778. The van der Waals surface area contributed by atoms with E-state index in [0.717, 1.165) is 5.56 Å². The Morgan fingerprint density at radius 2 is 1.96 bits per heavy atom. The highest BCUT2D eigenvalue weighted by atomic mass is 16.5. The molecule has 0 bridgehead atoms. The first-order valence-corrected chi connectivity index (χ1v) is 8.02. The number of benzene rings is 1. The van der Waals surface area contributed by atoms with Gasteiger partial charge in [0.05, 0.1) is 20.8 Å². The average Bonchev–Trinajstić information content (AvgIpc) is 2.60. The summed E-state index contributed by atoms with van der Waals surface area (Å²) >= 11 is 0. The Hall–Kier alpha value is -2.50. The average molecular weight is 331 g/mol. The lowest BCUT2D eigenvalue weighted by molar-refractivity contribution is -0.165. The van der Waals surface area contributed by atoms with E-state index in [1.54, 1.807) is 33.4 Å². The van der Waals surface area contributed by atoms with E-state index in [2.05, 4.69) is 0 Å². The third-order valence-electron chi connectivity index (χ3n) is 4.63. The Kier molecular flexibility index (Phi) is 4.22. The number of esters is 1. The largest absolute Gasteiger partial charge is 0.493 e. The predicted octanol–water partition coefficient (Wildman–Crippen LogP) is 2.46. The fourth-order valence-corrected chi connectivity index (χ4v) is 3.53. The zero-order valence-corrected chi connectivity index (χ0v) is 14.1. The van der Waals surface area contributed by atoms with E-state index in [0.29, 0.717) is 36.3 Å². The molecule has 1 saturated heterocycles. The Morgan fingerprint density at radius 1 is 1.25 bits per heavy atom. The summed E-state index contributed by atoms with van der Waals surface area (Å²) in [5.74, 6) is 0.616. The molecule has 128 valence electrons. The molecule has 2 aliphatic heterocycles. The summed E-state index contributed by atoms with van der Waals surface area (Å²) in [5.41, 5.74) is 0.412. The first-order valence-electron chi connectivity index (χ1n) is 8.02. The number of carbonyl (C=O) groups is 2. The quantitative estimate of drug-likeness (QED) is 0.793. The van der Waals surface area contributed by atoms with Gasteiger partial charge in [0, 0.05) is 18.2 Å². The topological polar surface area (TPSA) is 65.1 Å². The van der Waals surface area contributed by atoms with Gasteiger partial charge in [0.15, 0.2) is 17.0 Å². The molecule has 1 atom stereocenters. The van der Waals surface area contributed by atoms with E-state index < -0.39 is 11.5 Å². The van der Waals surface area contributed by atoms with Gasteiger partial charge in [0.2, 0.25) is 5.91 Å². The zero-order valence-electron chi connectivity index (χ0n) is 14.1. The minimum Gasteiger partial charge on any atom is -0.493 e. The smallest absolute Gasteiger partial charge is 0.337 e. The van der Waals surface area contributed by atoms with Gasteiger partial charge >= 0.3 is 5.97 Å². The zero-order chi connectivity index (χ0) is 17.3. The lowest BCUT2D eigenvalue weighted by Gasteiger charge is -2.46. The molecule has 6 nitrogen and oxygen atoms in total. The number of hydrogen-bond donors (Lipinski definition) is 0. The van der Waals surface area contributed by atoms with Crippen molar-refractivity contribution in [1.82, 2.24) is 4.90 Å². The maximum atomic E-state index is 12.9.